The molecule has 4 rings (SSSR count). The molecule has 3 heterocycles. The maximum atomic E-state index is 13.0. The van der Waals surface area contributed by atoms with E-state index in [1.165, 1.54) is 12.5 Å². The Morgan fingerprint density at radius 2 is 2.00 bits per heavy atom. The van der Waals surface area contributed by atoms with Crippen LogP contribution in [0.25, 0.3) is 0 Å². The number of carbonyl (C=O) groups excluding carboxylic acids is 1. The van der Waals surface area contributed by atoms with Gasteiger partial charge in [-0.3, -0.25) is 14.9 Å². The molecule has 2 aliphatic heterocycles. The third kappa shape index (κ3) is 3.43. The number of benzene rings is 1. The SMILES string of the molecule is O=C(Cc1ccccc1[N+](=O)[O-])N1CCCC1c1nnc2n1CCCCC2. The van der Waals surface area contributed by atoms with Gasteiger partial charge in [0.15, 0.2) is 5.82 Å². The van der Waals surface area contributed by atoms with Gasteiger partial charge in [-0.1, -0.05) is 24.6 Å². The Bertz CT molecular complexity index is 863. The van der Waals surface area contributed by atoms with Crippen molar-refractivity contribution in [3.63, 3.8) is 0 Å². The van der Waals surface area contributed by atoms with Gasteiger partial charge in [0.1, 0.15) is 5.82 Å². The number of aryl methyl sites for hydroxylation is 1. The highest BCUT2D eigenvalue weighted by atomic mass is 16.6. The van der Waals surface area contributed by atoms with Crippen molar-refractivity contribution in [1.29, 1.82) is 0 Å². The zero-order valence-electron chi connectivity index (χ0n) is 15.2. The molecule has 1 fully saturated rings. The number of aromatic nitrogens is 3. The quantitative estimate of drug-likeness (QED) is 0.610. The van der Waals surface area contributed by atoms with Gasteiger partial charge in [0.2, 0.25) is 5.91 Å². The van der Waals surface area contributed by atoms with E-state index >= 15 is 0 Å². The minimum Gasteiger partial charge on any atom is -0.332 e. The van der Waals surface area contributed by atoms with E-state index in [0.29, 0.717) is 12.1 Å². The molecule has 0 bridgehead atoms. The summed E-state index contributed by atoms with van der Waals surface area (Å²) in [6.45, 7) is 1.56. The summed E-state index contributed by atoms with van der Waals surface area (Å²) in [5, 5.41) is 20.0. The lowest BCUT2D eigenvalue weighted by Crippen LogP contribution is -2.33. The number of nitro groups is 1. The number of likely N-dealkylation sites (tertiary alicyclic amines) is 1. The molecule has 1 atom stereocenters. The molecule has 1 unspecified atom stereocenters. The number of hydrogen-bond acceptors (Lipinski definition) is 5. The van der Waals surface area contributed by atoms with Crippen LogP contribution in [0, 0.1) is 10.1 Å². The highest BCUT2D eigenvalue weighted by molar-refractivity contribution is 5.80. The highest BCUT2D eigenvalue weighted by Gasteiger charge is 2.35. The minimum atomic E-state index is -0.428. The Hall–Kier alpha value is -2.77. The first-order valence-corrected chi connectivity index (χ1v) is 9.59. The van der Waals surface area contributed by atoms with Crippen molar-refractivity contribution in [3.8, 4) is 0 Å². The number of fused-ring (bicyclic) bond motifs is 1. The number of para-hydroxylation sites is 1. The fourth-order valence-electron chi connectivity index (χ4n) is 4.19. The summed E-state index contributed by atoms with van der Waals surface area (Å²) in [5.74, 6) is 1.80. The zero-order valence-corrected chi connectivity index (χ0v) is 15.2. The summed E-state index contributed by atoms with van der Waals surface area (Å²) in [7, 11) is 0. The number of amides is 1. The number of hydrogen-bond donors (Lipinski definition) is 0. The van der Waals surface area contributed by atoms with Crippen LogP contribution in [0.15, 0.2) is 24.3 Å². The van der Waals surface area contributed by atoms with E-state index in [4.69, 9.17) is 0 Å². The van der Waals surface area contributed by atoms with Gasteiger partial charge in [0, 0.05) is 31.1 Å². The molecule has 142 valence electrons. The monoisotopic (exact) mass is 369 g/mol. The molecule has 27 heavy (non-hydrogen) atoms. The summed E-state index contributed by atoms with van der Waals surface area (Å²) in [5.41, 5.74) is 0.455. The number of nitrogens with zero attached hydrogens (tertiary/aromatic N) is 5. The lowest BCUT2D eigenvalue weighted by molar-refractivity contribution is -0.385. The topological polar surface area (TPSA) is 94.2 Å². The van der Waals surface area contributed by atoms with Gasteiger partial charge in [-0.2, -0.15) is 0 Å². The third-order valence-corrected chi connectivity index (χ3v) is 5.54. The minimum absolute atomic E-state index is 0.00191. The molecule has 2 aliphatic rings. The van der Waals surface area contributed by atoms with Gasteiger partial charge in [0.05, 0.1) is 17.4 Å². The largest absolute Gasteiger partial charge is 0.332 e. The van der Waals surface area contributed by atoms with Crippen molar-refractivity contribution in [3.05, 3.63) is 51.6 Å². The maximum Gasteiger partial charge on any atom is 0.273 e. The average molecular weight is 369 g/mol. The smallest absolute Gasteiger partial charge is 0.273 e. The molecule has 0 saturated carbocycles. The van der Waals surface area contributed by atoms with Crippen molar-refractivity contribution >= 4 is 11.6 Å². The predicted octanol–water partition coefficient (Wildman–Crippen LogP) is 2.82. The van der Waals surface area contributed by atoms with Crippen molar-refractivity contribution < 1.29 is 9.72 Å². The van der Waals surface area contributed by atoms with Crippen LogP contribution in [0.3, 0.4) is 0 Å². The van der Waals surface area contributed by atoms with E-state index < -0.39 is 4.92 Å². The van der Waals surface area contributed by atoms with Crippen LogP contribution in [-0.2, 0) is 24.2 Å². The lowest BCUT2D eigenvalue weighted by Gasteiger charge is -2.24. The van der Waals surface area contributed by atoms with E-state index in [-0.39, 0.29) is 24.1 Å². The molecule has 0 aliphatic carbocycles. The van der Waals surface area contributed by atoms with E-state index in [1.807, 2.05) is 4.90 Å². The first-order valence-electron chi connectivity index (χ1n) is 9.59. The van der Waals surface area contributed by atoms with Gasteiger partial charge in [-0.15, -0.1) is 10.2 Å². The maximum absolute atomic E-state index is 13.0. The molecule has 1 aromatic heterocycles. The molecule has 0 N–H and O–H groups in total. The molecule has 2 aromatic rings. The second kappa shape index (κ2) is 7.46. The molecule has 1 saturated heterocycles. The summed E-state index contributed by atoms with van der Waals surface area (Å²) >= 11 is 0. The molecule has 8 heteroatoms. The molecule has 0 spiro atoms. The van der Waals surface area contributed by atoms with E-state index in [0.717, 1.165) is 50.3 Å². The van der Waals surface area contributed by atoms with Crippen LogP contribution >= 0.6 is 0 Å². The number of nitro benzene ring substituents is 1. The van der Waals surface area contributed by atoms with Gasteiger partial charge in [-0.25, -0.2) is 0 Å². The highest BCUT2D eigenvalue weighted by Crippen LogP contribution is 2.33. The first-order chi connectivity index (χ1) is 13.1. The Kier molecular flexibility index (Phi) is 4.87. The molecular weight excluding hydrogens is 346 g/mol. The summed E-state index contributed by atoms with van der Waals surface area (Å²) in [4.78, 5) is 25.6. The van der Waals surface area contributed by atoms with Crippen LogP contribution in [-0.4, -0.2) is 37.0 Å². The second-order valence-electron chi connectivity index (χ2n) is 7.24. The molecular formula is C19H23N5O3. The Labute approximate surface area is 157 Å². The van der Waals surface area contributed by atoms with E-state index in [9.17, 15) is 14.9 Å². The van der Waals surface area contributed by atoms with E-state index in [1.54, 1.807) is 18.2 Å². The molecule has 1 amide bonds. The first kappa shape index (κ1) is 17.6. The summed E-state index contributed by atoms with van der Waals surface area (Å²) < 4.78 is 2.19. The normalized spacial score (nSPS) is 19.6. The van der Waals surface area contributed by atoms with Crippen LogP contribution < -0.4 is 0 Å². The van der Waals surface area contributed by atoms with Crippen molar-refractivity contribution in [2.75, 3.05) is 6.54 Å². The Morgan fingerprint density at radius 3 is 2.85 bits per heavy atom. The van der Waals surface area contributed by atoms with Gasteiger partial charge in [-0.05, 0) is 25.7 Å². The van der Waals surface area contributed by atoms with Crippen molar-refractivity contribution in [2.24, 2.45) is 0 Å². The van der Waals surface area contributed by atoms with Gasteiger partial charge < -0.3 is 9.47 Å². The standard InChI is InChI=1S/C19H23N5O3/c25-18(13-14-7-3-4-8-15(14)24(26)27)22-12-6-9-16(22)19-21-20-17-10-2-1-5-11-23(17)19/h3-4,7-8,16H,1-2,5-6,9-13H2. The fourth-order valence-corrected chi connectivity index (χ4v) is 4.19. The zero-order chi connectivity index (χ0) is 18.8. The summed E-state index contributed by atoms with van der Waals surface area (Å²) in [6.07, 6.45) is 6.17. The van der Waals surface area contributed by atoms with Crippen molar-refractivity contribution in [1.82, 2.24) is 19.7 Å². The van der Waals surface area contributed by atoms with Crippen LogP contribution in [0.5, 0.6) is 0 Å². The molecule has 1 aromatic carbocycles. The Morgan fingerprint density at radius 1 is 1.15 bits per heavy atom. The predicted molar refractivity (Wildman–Crippen MR) is 98.1 cm³/mol. The number of carbonyl (C=O) groups is 1. The average Bonchev–Trinajstić information content (AvgIpc) is 3.23. The third-order valence-electron chi connectivity index (χ3n) is 5.54. The lowest BCUT2D eigenvalue weighted by atomic mass is 10.1. The van der Waals surface area contributed by atoms with Crippen LogP contribution in [0.4, 0.5) is 5.69 Å². The molecule has 8 nitrogen and oxygen atoms in total. The van der Waals surface area contributed by atoms with Crippen LogP contribution in [0.2, 0.25) is 0 Å². The second-order valence-corrected chi connectivity index (χ2v) is 7.24. The van der Waals surface area contributed by atoms with Gasteiger partial charge >= 0.3 is 0 Å². The van der Waals surface area contributed by atoms with Crippen LogP contribution in [0.1, 0.15) is 55.4 Å². The fraction of sp³-hybridized carbons (Fsp3) is 0.526. The summed E-state index contributed by atoms with van der Waals surface area (Å²) in [6, 6.07) is 6.37. The Balaban J connectivity index is 1.56. The van der Waals surface area contributed by atoms with Gasteiger partial charge in [0.25, 0.3) is 5.69 Å². The van der Waals surface area contributed by atoms with E-state index in [2.05, 4.69) is 14.8 Å². The number of rotatable bonds is 4. The molecule has 0 radical (unpaired) electrons. The van der Waals surface area contributed by atoms with Crippen molar-refractivity contribution in [2.45, 2.75) is 57.5 Å².